The molecule has 2 N–H and O–H groups in total. The summed E-state index contributed by atoms with van der Waals surface area (Å²) in [6.07, 6.45) is 3.54. The van der Waals surface area contributed by atoms with Crippen LogP contribution >= 0.6 is 0 Å². The molecule has 1 heterocycles. The molecule has 1 aliphatic carbocycles. The molecule has 3 aromatic carbocycles. The van der Waals surface area contributed by atoms with Crippen LogP contribution in [0.25, 0.3) is 10.4 Å². The van der Waals surface area contributed by atoms with Crippen molar-refractivity contribution in [2.45, 2.75) is 55.2 Å². The van der Waals surface area contributed by atoms with Gasteiger partial charge >= 0.3 is 0 Å². The quantitative estimate of drug-likeness (QED) is 0.261. The van der Waals surface area contributed by atoms with Crippen LogP contribution in [-0.4, -0.2) is 34.6 Å². The van der Waals surface area contributed by atoms with Gasteiger partial charge in [0.05, 0.1) is 17.0 Å². The van der Waals surface area contributed by atoms with E-state index in [0.29, 0.717) is 17.0 Å². The van der Waals surface area contributed by atoms with E-state index in [9.17, 15) is 9.32 Å². The lowest BCUT2D eigenvalue weighted by Crippen LogP contribution is -2.55. The lowest BCUT2D eigenvalue weighted by molar-refractivity contribution is 0.0816. The number of nitrogens with zero attached hydrogens (tertiary/aromatic N) is 5. The highest BCUT2D eigenvalue weighted by Gasteiger charge is 2.39. The van der Waals surface area contributed by atoms with Gasteiger partial charge in [0.15, 0.2) is 0 Å². The maximum atomic E-state index is 13.9. The molecule has 9 heteroatoms. The number of hydrogen-bond acceptors (Lipinski definition) is 5. The Morgan fingerprint density at radius 2 is 1.58 bits per heavy atom. The number of azide groups is 1. The van der Waals surface area contributed by atoms with E-state index in [1.54, 1.807) is 24.3 Å². The van der Waals surface area contributed by atoms with Crippen LogP contribution in [0.4, 0.5) is 17.1 Å². The van der Waals surface area contributed by atoms with Crippen molar-refractivity contribution in [2.24, 2.45) is 9.48 Å². The van der Waals surface area contributed by atoms with Crippen molar-refractivity contribution in [2.75, 3.05) is 11.9 Å². The van der Waals surface area contributed by atoms with E-state index < -0.39 is 22.1 Å². The van der Waals surface area contributed by atoms with Gasteiger partial charge in [-0.25, -0.2) is 13.3 Å². The van der Waals surface area contributed by atoms with E-state index >= 15 is 0 Å². The van der Waals surface area contributed by atoms with Crippen molar-refractivity contribution >= 4 is 27.0 Å². The van der Waals surface area contributed by atoms with Crippen molar-refractivity contribution < 1.29 is 9.32 Å². The van der Waals surface area contributed by atoms with E-state index in [4.69, 9.17) is 5.53 Å². The number of benzene rings is 3. The normalized spacial score (nSPS) is 22.8. The molecule has 36 heavy (non-hydrogen) atoms. The minimum Gasteiger partial charge on any atom is -0.389 e. The Balaban J connectivity index is 1.48. The number of fused-ring (bicyclic) bond motifs is 2. The fraction of sp³-hybridized carbons (Fsp3) is 0.333. The van der Waals surface area contributed by atoms with Crippen LogP contribution in [-0.2, 0) is 22.8 Å². The third kappa shape index (κ3) is 4.58. The molecule has 4 unspecified atom stereocenters. The summed E-state index contributed by atoms with van der Waals surface area (Å²) in [5.41, 5.74) is 13.9. The molecule has 5 rings (SSSR count). The largest absolute Gasteiger partial charge is 0.389 e. The lowest BCUT2D eigenvalue weighted by atomic mass is 9.86. The van der Waals surface area contributed by atoms with Gasteiger partial charge in [-0.1, -0.05) is 53.6 Å². The molecule has 4 atom stereocenters. The average Bonchev–Trinajstić information content (AvgIpc) is 3.07. The average molecular weight is 503 g/mol. The first-order valence-electron chi connectivity index (χ1n) is 12.2. The smallest absolute Gasteiger partial charge is 0.137 e. The summed E-state index contributed by atoms with van der Waals surface area (Å²) >= 11 is 0. The molecule has 0 saturated heterocycles. The van der Waals surface area contributed by atoms with E-state index in [1.165, 1.54) is 18.2 Å². The van der Waals surface area contributed by atoms with E-state index in [1.807, 2.05) is 12.1 Å². The van der Waals surface area contributed by atoms with Gasteiger partial charge in [-0.05, 0) is 73.0 Å². The Labute approximate surface area is 211 Å². The molecule has 186 valence electrons. The van der Waals surface area contributed by atoms with Crippen LogP contribution in [0.5, 0.6) is 0 Å². The highest BCUT2D eigenvalue weighted by Crippen LogP contribution is 2.41. The van der Waals surface area contributed by atoms with Gasteiger partial charge in [-0.2, -0.15) is 0 Å². The maximum absolute atomic E-state index is 13.9. The Kier molecular flexibility index (Phi) is 6.98. The second kappa shape index (κ2) is 10.3. The molecule has 2 aliphatic rings. The van der Waals surface area contributed by atoms with Crippen LogP contribution in [0.1, 0.15) is 30.4 Å². The summed E-state index contributed by atoms with van der Waals surface area (Å²) in [6, 6.07) is 22.8. The Bertz CT molecular complexity index is 1360. The second-order valence-corrected chi connectivity index (χ2v) is 11.4. The molecule has 0 amide bonds. The summed E-state index contributed by atoms with van der Waals surface area (Å²) in [4.78, 5) is 5.58. The second-order valence-electron chi connectivity index (χ2n) is 9.23. The van der Waals surface area contributed by atoms with Crippen LogP contribution in [0.15, 0.2) is 87.2 Å². The fourth-order valence-corrected chi connectivity index (χ4v) is 7.04. The SMILES string of the molecule is CN=S(=O)(NC1CCCC(N2c3ccccc3CCc3ccccc32)C1O)c1ccc(N=[N+]=[N-])cc1. The summed E-state index contributed by atoms with van der Waals surface area (Å²) < 4.78 is 21.3. The monoisotopic (exact) mass is 502 g/mol. The van der Waals surface area contributed by atoms with Crippen molar-refractivity contribution in [3.05, 3.63) is 94.4 Å². The van der Waals surface area contributed by atoms with Crippen LogP contribution in [0.2, 0.25) is 0 Å². The van der Waals surface area contributed by atoms with Crippen LogP contribution in [0, 0.1) is 0 Å². The topological polar surface area (TPSA) is 114 Å². The molecule has 3 aromatic rings. The summed E-state index contributed by atoms with van der Waals surface area (Å²) in [7, 11) is -1.47. The summed E-state index contributed by atoms with van der Waals surface area (Å²) in [5, 5.41) is 15.3. The van der Waals surface area contributed by atoms with E-state index in [-0.39, 0.29) is 6.04 Å². The van der Waals surface area contributed by atoms with E-state index in [2.05, 4.69) is 60.4 Å². The van der Waals surface area contributed by atoms with Gasteiger partial charge in [0, 0.05) is 35.1 Å². The number of rotatable bonds is 5. The van der Waals surface area contributed by atoms with Crippen molar-refractivity contribution in [1.29, 1.82) is 0 Å². The molecule has 1 fully saturated rings. The Morgan fingerprint density at radius 3 is 2.17 bits per heavy atom. The first-order chi connectivity index (χ1) is 17.5. The first-order valence-corrected chi connectivity index (χ1v) is 13.8. The van der Waals surface area contributed by atoms with Crippen LogP contribution in [0.3, 0.4) is 0 Å². The van der Waals surface area contributed by atoms with Gasteiger partial charge in [-0.3, -0.25) is 0 Å². The minimum atomic E-state index is -2.99. The van der Waals surface area contributed by atoms with Gasteiger partial charge in [0.1, 0.15) is 9.92 Å². The molecular formula is C27H30N6O2S. The Hall–Kier alpha value is -3.36. The van der Waals surface area contributed by atoms with Gasteiger partial charge in [0.2, 0.25) is 0 Å². The zero-order chi connectivity index (χ0) is 25.1. The van der Waals surface area contributed by atoms with E-state index in [0.717, 1.165) is 37.1 Å². The minimum absolute atomic E-state index is 0.176. The van der Waals surface area contributed by atoms with Crippen molar-refractivity contribution in [1.82, 2.24) is 4.72 Å². The first kappa shape index (κ1) is 24.3. The number of aliphatic hydroxyl groups excluding tert-OH is 1. The molecule has 0 radical (unpaired) electrons. The maximum Gasteiger partial charge on any atom is 0.137 e. The van der Waals surface area contributed by atoms with Gasteiger partial charge in [0.25, 0.3) is 0 Å². The van der Waals surface area contributed by atoms with Gasteiger partial charge < -0.3 is 10.0 Å². The predicted molar refractivity (Wildman–Crippen MR) is 143 cm³/mol. The third-order valence-electron chi connectivity index (χ3n) is 7.20. The summed E-state index contributed by atoms with van der Waals surface area (Å²) in [6.45, 7) is 0. The number of hydrogen-bond donors (Lipinski definition) is 2. The third-order valence-corrected chi connectivity index (χ3v) is 9.25. The van der Waals surface area contributed by atoms with Gasteiger partial charge in [-0.15, -0.1) is 0 Å². The number of anilines is 2. The zero-order valence-corrected chi connectivity index (χ0v) is 21.0. The molecular weight excluding hydrogens is 472 g/mol. The number of nitrogens with one attached hydrogen (secondary N) is 1. The highest BCUT2D eigenvalue weighted by atomic mass is 32.2. The molecule has 1 aliphatic heterocycles. The Morgan fingerprint density at radius 1 is 0.972 bits per heavy atom. The predicted octanol–water partition coefficient (Wildman–Crippen LogP) is 5.81. The number of aryl methyl sites for hydroxylation is 2. The standard InChI is InChI=1S/C27H30N6O2S/c1-29-36(35,22-17-15-21(16-18-22)30-32-28)31-23-9-6-12-26(27(23)34)33-24-10-4-2-7-19(24)13-14-20-8-3-5-11-25(20)33/h2-5,7-8,10-11,15-18,23,26-27,34H,6,9,12-14H2,1H3,(H,29,31,35). The molecule has 0 spiro atoms. The number of para-hydroxylation sites is 2. The molecule has 8 nitrogen and oxygen atoms in total. The summed E-state index contributed by atoms with van der Waals surface area (Å²) in [5.74, 6) is 0. The molecule has 0 aromatic heterocycles. The highest BCUT2D eigenvalue weighted by molar-refractivity contribution is 7.91. The number of aliphatic hydroxyl groups is 1. The van der Waals surface area contributed by atoms with Crippen molar-refractivity contribution in [3.63, 3.8) is 0 Å². The van der Waals surface area contributed by atoms with Crippen molar-refractivity contribution in [3.8, 4) is 0 Å². The fourth-order valence-electron chi connectivity index (χ4n) is 5.42. The molecule has 1 saturated carbocycles. The zero-order valence-electron chi connectivity index (χ0n) is 20.2. The van der Waals surface area contributed by atoms with Crippen LogP contribution < -0.4 is 9.62 Å². The lowest BCUT2D eigenvalue weighted by Gasteiger charge is -2.43. The molecule has 0 bridgehead atoms.